The van der Waals surface area contributed by atoms with Crippen molar-refractivity contribution in [1.82, 2.24) is 10.6 Å². The maximum absolute atomic E-state index is 12.1. The normalized spacial score (nSPS) is 10.3. The van der Waals surface area contributed by atoms with Crippen molar-refractivity contribution in [2.75, 3.05) is 25.0 Å². The van der Waals surface area contributed by atoms with Gasteiger partial charge in [-0.25, -0.2) is 0 Å². The van der Waals surface area contributed by atoms with Crippen LogP contribution in [0.5, 0.6) is 0 Å². The number of nitrogens with zero attached hydrogens (tertiary/aromatic N) is 1. The van der Waals surface area contributed by atoms with E-state index in [9.17, 15) is 14.9 Å². The maximum Gasteiger partial charge on any atom is 0.293 e. The van der Waals surface area contributed by atoms with Gasteiger partial charge in [-0.3, -0.25) is 14.9 Å². The van der Waals surface area contributed by atoms with Crippen molar-refractivity contribution in [2.24, 2.45) is 0 Å². The predicted octanol–water partition coefficient (Wildman–Crippen LogP) is 2.55. The quantitative estimate of drug-likeness (QED) is 0.370. The van der Waals surface area contributed by atoms with Gasteiger partial charge in [-0.15, -0.1) is 0 Å². The van der Waals surface area contributed by atoms with Gasteiger partial charge < -0.3 is 16.0 Å². The van der Waals surface area contributed by atoms with Crippen LogP contribution in [0.1, 0.15) is 22.8 Å². The minimum absolute atomic E-state index is 0.115. The Morgan fingerprint density at radius 3 is 2.56 bits per heavy atom. The highest BCUT2D eigenvalue weighted by Crippen LogP contribution is 2.26. The smallest absolute Gasteiger partial charge is 0.293 e. The Kier molecular flexibility index (Phi) is 6.91. The van der Waals surface area contributed by atoms with Crippen LogP contribution in [-0.4, -0.2) is 30.5 Å². The summed E-state index contributed by atoms with van der Waals surface area (Å²) in [6, 6.07) is 14.1. The molecule has 0 heterocycles. The van der Waals surface area contributed by atoms with Gasteiger partial charge in [0.1, 0.15) is 5.69 Å². The van der Waals surface area contributed by atoms with Gasteiger partial charge >= 0.3 is 0 Å². The Morgan fingerprint density at radius 1 is 1.12 bits per heavy atom. The second kappa shape index (κ2) is 9.39. The molecule has 132 valence electrons. The zero-order valence-corrected chi connectivity index (χ0v) is 14.1. The summed E-state index contributed by atoms with van der Waals surface area (Å²) in [7, 11) is 0. The minimum atomic E-state index is -0.483. The van der Waals surface area contributed by atoms with E-state index in [0.29, 0.717) is 25.3 Å². The number of carbonyl (C=O) groups excluding carboxylic acids is 1. The summed E-state index contributed by atoms with van der Waals surface area (Å²) in [6.07, 6.45) is 0. The molecule has 0 fully saturated rings. The fraction of sp³-hybridized carbons (Fsp3) is 0.278. The van der Waals surface area contributed by atoms with E-state index in [0.717, 1.165) is 12.1 Å². The number of benzene rings is 2. The van der Waals surface area contributed by atoms with E-state index in [-0.39, 0.29) is 17.2 Å². The maximum atomic E-state index is 12.1. The van der Waals surface area contributed by atoms with E-state index in [1.807, 2.05) is 37.3 Å². The van der Waals surface area contributed by atoms with Crippen molar-refractivity contribution in [2.45, 2.75) is 13.5 Å². The third kappa shape index (κ3) is 5.58. The minimum Gasteiger partial charge on any atom is -0.375 e. The lowest BCUT2D eigenvalue weighted by molar-refractivity contribution is -0.384. The van der Waals surface area contributed by atoms with E-state index < -0.39 is 4.92 Å². The molecule has 0 radical (unpaired) electrons. The summed E-state index contributed by atoms with van der Waals surface area (Å²) in [5.41, 5.74) is 1.56. The van der Waals surface area contributed by atoms with Crippen LogP contribution >= 0.6 is 0 Å². The highest BCUT2D eigenvalue weighted by atomic mass is 16.6. The van der Waals surface area contributed by atoms with Gasteiger partial charge in [-0.1, -0.05) is 37.3 Å². The number of nitro groups is 1. The van der Waals surface area contributed by atoms with E-state index >= 15 is 0 Å². The van der Waals surface area contributed by atoms with Crippen LogP contribution < -0.4 is 16.0 Å². The highest BCUT2D eigenvalue weighted by molar-refractivity contribution is 5.95. The summed E-state index contributed by atoms with van der Waals surface area (Å²) in [5.74, 6) is -0.324. The Labute approximate surface area is 146 Å². The first-order valence-corrected chi connectivity index (χ1v) is 8.17. The summed E-state index contributed by atoms with van der Waals surface area (Å²) in [6.45, 7) is 4.39. The molecule has 0 bridgehead atoms. The van der Waals surface area contributed by atoms with E-state index in [2.05, 4.69) is 16.0 Å². The van der Waals surface area contributed by atoms with Crippen LogP contribution in [0.25, 0.3) is 0 Å². The Hall–Kier alpha value is -2.93. The van der Waals surface area contributed by atoms with E-state index in [4.69, 9.17) is 0 Å². The molecule has 25 heavy (non-hydrogen) atoms. The molecule has 2 aromatic carbocycles. The predicted molar refractivity (Wildman–Crippen MR) is 97.7 cm³/mol. The molecular weight excluding hydrogens is 320 g/mol. The number of hydrogen-bond donors (Lipinski definition) is 3. The van der Waals surface area contributed by atoms with Crippen molar-refractivity contribution in [3.05, 3.63) is 69.8 Å². The van der Waals surface area contributed by atoms with Gasteiger partial charge in [0.25, 0.3) is 11.6 Å². The van der Waals surface area contributed by atoms with Crippen LogP contribution in [0.2, 0.25) is 0 Å². The zero-order valence-electron chi connectivity index (χ0n) is 14.1. The first-order valence-electron chi connectivity index (χ1n) is 8.17. The number of amides is 1. The van der Waals surface area contributed by atoms with Crippen LogP contribution in [0, 0.1) is 10.1 Å². The third-order valence-corrected chi connectivity index (χ3v) is 3.62. The molecule has 7 nitrogen and oxygen atoms in total. The lowest BCUT2D eigenvalue weighted by Gasteiger charge is -2.09. The molecule has 0 aromatic heterocycles. The molecule has 1 amide bonds. The van der Waals surface area contributed by atoms with Crippen molar-refractivity contribution in [1.29, 1.82) is 0 Å². The summed E-state index contributed by atoms with van der Waals surface area (Å²) >= 11 is 0. The van der Waals surface area contributed by atoms with Crippen LogP contribution in [0.4, 0.5) is 11.4 Å². The molecule has 0 aliphatic rings. The van der Waals surface area contributed by atoms with Crippen molar-refractivity contribution in [3.63, 3.8) is 0 Å². The standard InChI is InChI=1S/C18H22N4O3/c1-2-19-10-11-20-18(23)15-8-9-16(17(12-15)22(24)25)21-13-14-6-4-3-5-7-14/h3-9,12,19,21H,2,10-11,13H2,1H3,(H,20,23). The molecule has 0 atom stereocenters. The monoisotopic (exact) mass is 342 g/mol. The zero-order chi connectivity index (χ0) is 18.1. The lowest BCUT2D eigenvalue weighted by atomic mass is 10.1. The Balaban J connectivity index is 2.06. The topological polar surface area (TPSA) is 96.3 Å². The van der Waals surface area contributed by atoms with E-state index in [1.165, 1.54) is 6.07 Å². The fourth-order valence-electron chi connectivity index (χ4n) is 2.31. The second-order valence-electron chi connectivity index (χ2n) is 5.44. The number of likely N-dealkylation sites (N-methyl/N-ethyl adjacent to an activating group) is 1. The molecule has 0 aliphatic heterocycles. The van der Waals surface area contributed by atoms with Gasteiger partial charge in [0.2, 0.25) is 0 Å². The molecule has 0 unspecified atom stereocenters. The number of rotatable bonds is 9. The first-order chi connectivity index (χ1) is 12.1. The average Bonchev–Trinajstić information content (AvgIpc) is 2.64. The van der Waals surface area contributed by atoms with Crippen molar-refractivity contribution < 1.29 is 9.72 Å². The average molecular weight is 342 g/mol. The molecule has 0 saturated heterocycles. The number of nitro benzene ring substituents is 1. The fourth-order valence-corrected chi connectivity index (χ4v) is 2.31. The Bertz CT molecular complexity index is 720. The van der Waals surface area contributed by atoms with Crippen LogP contribution in [-0.2, 0) is 6.54 Å². The van der Waals surface area contributed by atoms with Gasteiger partial charge in [0, 0.05) is 31.3 Å². The number of anilines is 1. The Morgan fingerprint density at radius 2 is 1.88 bits per heavy atom. The van der Waals surface area contributed by atoms with Crippen LogP contribution in [0.3, 0.4) is 0 Å². The summed E-state index contributed by atoms with van der Waals surface area (Å²) in [4.78, 5) is 22.9. The molecule has 0 aliphatic carbocycles. The summed E-state index contributed by atoms with van der Waals surface area (Å²) < 4.78 is 0. The van der Waals surface area contributed by atoms with Crippen molar-refractivity contribution in [3.8, 4) is 0 Å². The van der Waals surface area contributed by atoms with Gasteiger partial charge in [0.05, 0.1) is 4.92 Å². The lowest BCUT2D eigenvalue weighted by Crippen LogP contribution is -2.31. The van der Waals surface area contributed by atoms with E-state index in [1.54, 1.807) is 12.1 Å². The number of hydrogen-bond acceptors (Lipinski definition) is 5. The summed E-state index contributed by atoms with van der Waals surface area (Å²) in [5, 5.41) is 20.2. The largest absolute Gasteiger partial charge is 0.375 e. The molecule has 2 rings (SSSR count). The number of carbonyl (C=O) groups is 1. The molecule has 0 saturated carbocycles. The van der Waals surface area contributed by atoms with Crippen molar-refractivity contribution >= 4 is 17.3 Å². The molecule has 2 aromatic rings. The van der Waals surface area contributed by atoms with Gasteiger partial charge in [-0.2, -0.15) is 0 Å². The first kappa shape index (κ1) is 18.4. The molecular formula is C18H22N4O3. The van der Waals surface area contributed by atoms with Gasteiger partial charge in [0.15, 0.2) is 0 Å². The second-order valence-corrected chi connectivity index (χ2v) is 5.44. The third-order valence-electron chi connectivity index (χ3n) is 3.62. The molecule has 3 N–H and O–H groups in total. The SMILES string of the molecule is CCNCCNC(=O)c1ccc(NCc2ccccc2)c([N+](=O)[O-])c1. The number of nitrogens with one attached hydrogen (secondary N) is 3. The molecule has 0 spiro atoms. The molecule has 7 heteroatoms. The van der Waals surface area contributed by atoms with Gasteiger partial charge in [-0.05, 0) is 24.2 Å². The van der Waals surface area contributed by atoms with Crippen LogP contribution in [0.15, 0.2) is 48.5 Å². The highest BCUT2D eigenvalue weighted by Gasteiger charge is 2.17.